The molecule has 4 rings (SSSR count). The van der Waals surface area contributed by atoms with Gasteiger partial charge in [0, 0.05) is 29.8 Å². The van der Waals surface area contributed by atoms with E-state index in [0.717, 1.165) is 16.3 Å². The molecular formula is C21H19NO4. The standard InChI is InChI=1S/C21H19NO4/c1-12-4-3-5-15-14(12)6-7-16-18(15)20(25)19(24)17-13(11-26-21(16)17)10-22(2)8-9-23/h3-7,11,23H,8-10H2,1-2H3. The van der Waals surface area contributed by atoms with Gasteiger partial charge in [0.15, 0.2) is 0 Å². The van der Waals surface area contributed by atoms with Gasteiger partial charge in [-0.3, -0.25) is 14.5 Å². The molecule has 1 aliphatic carbocycles. The highest BCUT2D eigenvalue weighted by Gasteiger charge is 2.36. The molecule has 1 heterocycles. The third kappa shape index (κ3) is 2.40. The molecule has 0 saturated heterocycles. The summed E-state index contributed by atoms with van der Waals surface area (Å²) in [6.07, 6.45) is 1.54. The van der Waals surface area contributed by atoms with Crippen LogP contribution in [0.1, 0.15) is 31.8 Å². The predicted octanol–water partition coefficient (Wildman–Crippen LogP) is 3.21. The van der Waals surface area contributed by atoms with E-state index in [9.17, 15) is 9.59 Å². The Morgan fingerprint density at radius 2 is 1.81 bits per heavy atom. The van der Waals surface area contributed by atoms with Crippen LogP contribution >= 0.6 is 0 Å². The summed E-state index contributed by atoms with van der Waals surface area (Å²) in [7, 11) is 1.84. The van der Waals surface area contributed by atoms with Crippen LogP contribution in [-0.4, -0.2) is 41.8 Å². The van der Waals surface area contributed by atoms with Crippen LogP contribution in [0.4, 0.5) is 0 Å². The number of likely N-dealkylation sites (N-methyl/N-ethyl adjacent to an activating group) is 1. The molecular weight excluding hydrogens is 330 g/mol. The maximum atomic E-state index is 12.9. The molecule has 0 radical (unpaired) electrons. The van der Waals surface area contributed by atoms with Crippen LogP contribution in [0.15, 0.2) is 41.0 Å². The Labute approximate surface area is 150 Å². The van der Waals surface area contributed by atoms with Crippen molar-refractivity contribution < 1.29 is 19.1 Å². The summed E-state index contributed by atoms with van der Waals surface area (Å²) in [6, 6.07) is 9.57. The number of aryl methyl sites for hydroxylation is 1. The minimum Gasteiger partial charge on any atom is -0.463 e. The van der Waals surface area contributed by atoms with Crippen LogP contribution < -0.4 is 0 Å². The van der Waals surface area contributed by atoms with Crippen molar-refractivity contribution in [3.05, 3.63) is 58.8 Å². The molecule has 1 aromatic heterocycles. The lowest BCUT2D eigenvalue weighted by molar-refractivity contribution is 0.0814. The Morgan fingerprint density at radius 3 is 2.58 bits per heavy atom. The Morgan fingerprint density at radius 1 is 1.04 bits per heavy atom. The van der Waals surface area contributed by atoms with E-state index in [1.165, 1.54) is 0 Å². The van der Waals surface area contributed by atoms with Gasteiger partial charge in [-0.15, -0.1) is 0 Å². The van der Waals surface area contributed by atoms with Crippen molar-refractivity contribution in [1.82, 2.24) is 4.90 Å². The Bertz CT molecular complexity index is 1050. The van der Waals surface area contributed by atoms with Gasteiger partial charge >= 0.3 is 0 Å². The van der Waals surface area contributed by atoms with E-state index in [1.54, 1.807) is 6.26 Å². The van der Waals surface area contributed by atoms with Gasteiger partial charge in [0.2, 0.25) is 11.6 Å². The predicted molar refractivity (Wildman–Crippen MR) is 98.5 cm³/mol. The summed E-state index contributed by atoms with van der Waals surface area (Å²) in [5.74, 6) is -0.556. The first-order valence-corrected chi connectivity index (χ1v) is 8.54. The maximum Gasteiger partial charge on any atom is 0.237 e. The van der Waals surface area contributed by atoms with E-state index < -0.39 is 11.6 Å². The summed E-state index contributed by atoms with van der Waals surface area (Å²) in [6.45, 7) is 2.91. The molecule has 1 N–H and O–H groups in total. The number of Topliss-reactive ketones (excluding diaryl/α,β-unsaturated/α-hetero) is 2. The van der Waals surface area contributed by atoms with Crippen molar-refractivity contribution in [2.75, 3.05) is 20.2 Å². The van der Waals surface area contributed by atoms with Crippen molar-refractivity contribution in [2.45, 2.75) is 13.5 Å². The van der Waals surface area contributed by atoms with Crippen molar-refractivity contribution in [2.24, 2.45) is 0 Å². The first-order valence-electron chi connectivity index (χ1n) is 8.54. The fraction of sp³-hybridized carbons (Fsp3) is 0.238. The Kier molecular flexibility index (Phi) is 3.98. The van der Waals surface area contributed by atoms with Crippen LogP contribution in [0.2, 0.25) is 0 Å². The van der Waals surface area contributed by atoms with Crippen molar-refractivity contribution in [1.29, 1.82) is 0 Å². The highest BCUT2D eigenvalue weighted by Crippen LogP contribution is 2.40. The fourth-order valence-corrected chi connectivity index (χ4v) is 3.67. The Balaban J connectivity index is 1.91. The van der Waals surface area contributed by atoms with Gasteiger partial charge in [-0.25, -0.2) is 0 Å². The van der Waals surface area contributed by atoms with E-state index in [1.807, 2.05) is 49.2 Å². The van der Waals surface area contributed by atoms with Crippen LogP contribution in [0.5, 0.6) is 0 Å². The molecule has 0 bridgehead atoms. The van der Waals surface area contributed by atoms with Gasteiger partial charge in [0.05, 0.1) is 18.4 Å². The molecule has 26 heavy (non-hydrogen) atoms. The molecule has 0 fully saturated rings. The number of rotatable bonds is 4. The molecule has 0 amide bonds. The number of hydrogen-bond acceptors (Lipinski definition) is 5. The largest absolute Gasteiger partial charge is 0.463 e. The zero-order valence-corrected chi connectivity index (χ0v) is 14.7. The van der Waals surface area contributed by atoms with E-state index >= 15 is 0 Å². The molecule has 0 atom stereocenters. The van der Waals surface area contributed by atoms with Gasteiger partial charge < -0.3 is 9.52 Å². The van der Waals surface area contributed by atoms with Crippen LogP contribution in [0.3, 0.4) is 0 Å². The molecule has 0 aliphatic heterocycles. The van der Waals surface area contributed by atoms with E-state index in [4.69, 9.17) is 9.52 Å². The monoisotopic (exact) mass is 349 g/mol. The zero-order chi connectivity index (χ0) is 18.4. The Hall–Kier alpha value is -2.76. The van der Waals surface area contributed by atoms with Crippen molar-refractivity contribution in [3.8, 4) is 11.3 Å². The van der Waals surface area contributed by atoms with Crippen molar-refractivity contribution >= 4 is 22.3 Å². The van der Waals surface area contributed by atoms with Gasteiger partial charge in [0.25, 0.3) is 0 Å². The topological polar surface area (TPSA) is 70.8 Å². The number of carbonyl (C=O) groups is 2. The lowest BCUT2D eigenvalue weighted by Gasteiger charge is -2.18. The summed E-state index contributed by atoms with van der Waals surface area (Å²) in [4.78, 5) is 27.7. The molecule has 5 heteroatoms. The van der Waals surface area contributed by atoms with Crippen molar-refractivity contribution in [3.63, 3.8) is 0 Å². The molecule has 132 valence electrons. The van der Waals surface area contributed by atoms with E-state index in [2.05, 4.69) is 0 Å². The van der Waals surface area contributed by atoms with E-state index in [0.29, 0.717) is 41.1 Å². The molecule has 0 spiro atoms. The first kappa shape index (κ1) is 16.7. The number of ketones is 2. The fourth-order valence-electron chi connectivity index (χ4n) is 3.67. The second kappa shape index (κ2) is 6.20. The van der Waals surface area contributed by atoms with Crippen LogP contribution in [-0.2, 0) is 6.54 Å². The second-order valence-corrected chi connectivity index (χ2v) is 6.74. The molecule has 1 aliphatic rings. The summed E-state index contributed by atoms with van der Waals surface area (Å²) < 4.78 is 5.73. The third-order valence-corrected chi connectivity index (χ3v) is 4.97. The molecule has 2 aromatic carbocycles. The third-order valence-electron chi connectivity index (χ3n) is 4.97. The van der Waals surface area contributed by atoms with Gasteiger partial charge in [-0.1, -0.05) is 24.3 Å². The van der Waals surface area contributed by atoms with E-state index in [-0.39, 0.29) is 6.61 Å². The number of fused-ring (bicyclic) bond motifs is 5. The minimum absolute atomic E-state index is 0.0254. The number of aliphatic hydroxyl groups excluding tert-OH is 1. The quantitative estimate of drug-likeness (QED) is 0.733. The van der Waals surface area contributed by atoms with Gasteiger partial charge in [0.1, 0.15) is 5.76 Å². The summed E-state index contributed by atoms with van der Waals surface area (Å²) in [5.41, 5.74) is 3.16. The lowest BCUT2D eigenvalue weighted by Crippen LogP contribution is -2.25. The second-order valence-electron chi connectivity index (χ2n) is 6.74. The number of carbonyl (C=O) groups excluding carboxylic acids is 2. The normalized spacial score (nSPS) is 13.4. The highest BCUT2D eigenvalue weighted by atomic mass is 16.3. The number of aliphatic hydroxyl groups is 1. The molecule has 3 aromatic rings. The molecule has 0 unspecified atom stereocenters. The van der Waals surface area contributed by atoms with Gasteiger partial charge in [-0.05, 0) is 36.4 Å². The van der Waals surface area contributed by atoms with Crippen LogP contribution in [0, 0.1) is 6.92 Å². The number of furan rings is 1. The smallest absolute Gasteiger partial charge is 0.237 e. The summed E-state index contributed by atoms with van der Waals surface area (Å²) in [5, 5.41) is 10.8. The SMILES string of the molecule is Cc1cccc2c3c(ccc12)-c1occ(CN(C)CCO)c1C(=O)C3=O. The number of nitrogens with zero attached hydrogens (tertiary/aromatic N) is 1. The number of hydrogen-bond donors (Lipinski definition) is 1. The minimum atomic E-state index is -0.525. The lowest BCUT2D eigenvalue weighted by atomic mass is 9.83. The van der Waals surface area contributed by atoms with Crippen LogP contribution in [0.25, 0.3) is 22.1 Å². The molecule has 0 saturated carbocycles. The average molecular weight is 349 g/mol. The van der Waals surface area contributed by atoms with Gasteiger partial charge in [-0.2, -0.15) is 0 Å². The average Bonchev–Trinajstić information content (AvgIpc) is 3.03. The number of benzene rings is 2. The zero-order valence-electron chi connectivity index (χ0n) is 14.7. The molecule has 5 nitrogen and oxygen atoms in total. The first-order chi connectivity index (χ1) is 12.5. The highest BCUT2D eigenvalue weighted by molar-refractivity contribution is 6.54. The maximum absolute atomic E-state index is 12.9. The summed E-state index contributed by atoms with van der Waals surface area (Å²) >= 11 is 0.